The SMILES string of the molecule is CCCCC/C=C\C/C=C\C/C=C\C/C=C\CCCCCC(=O)O[C@H](COC(=O)CCCCCCCCCCCCCCCCC)COP(=O)(O)OCC[N+](C)(C)C. The van der Waals surface area contributed by atoms with E-state index in [4.69, 9.17) is 18.5 Å². The van der Waals surface area contributed by atoms with Crippen LogP contribution in [0.4, 0.5) is 0 Å². The topological polar surface area (TPSA) is 108 Å². The lowest BCUT2D eigenvalue weighted by Gasteiger charge is -2.24. The van der Waals surface area contributed by atoms with Gasteiger partial charge in [0.1, 0.15) is 19.8 Å². The molecule has 0 aliphatic rings. The molecule has 0 radical (unpaired) electrons. The lowest BCUT2D eigenvalue weighted by molar-refractivity contribution is -0.870. The quantitative estimate of drug-likeness (QED) is 0.0213. The first kappa shape index (κ1) is 56.0. The number of hydrogen-bond acceptors (Lipinski definition) is 7. The van der Waals surface area contributed by atoms with E-state index < -0.39 is 26.5 Å². The van der Waals surface area contributed by atoms with Crippen LogP contribution in [0.15, 0.2) is 48.6 Å². The number of hydrogen-bond donors (Lipinski definition) is 1. The second kappa shape index (κ2) is 40.4. The molecule has 1 unspecified atom stereocenters. The number of carbonyl (C=O) groups excluding carboxylic acids is 2. The minimum absolute atomic E-state index is 0.0248. The highest BCUT2D eigenvalue weighted by atomic mass is 31.2. The van der Waals surface area contributed by atoms with Crippen molar-refractivity contribution in [2.24, 2.45) is 0 Å². The van der Waals surface area contributed by atoms with E-state index in [0.29, 0.717) is 17.4 Å². The number of allylic oxidation sites excluding steroid dienone is 8. The van der Waals surface area contributed by atoms with E-state index in [0.717, 1.165) is 57.8 Å². The van der Waals surface area contributed by atoms with E-state index in [1.54, 1.807) is 0 Å². The Kier molecular flexibility index (Phi) is 39.0. The van der Waals surface area contributed by atoms with Crippen molar-refractivity contribution in [3.8, 4) is 0 Å². The number of nitrogens with zero attached hydrogens (tertiary/aromatic N) is 1. The maximum Gasteiger partial charge on any atom is 0.472 e. The standard InChI is InChI=1S/C48H88NO8P/c1-6-8-10-12-14-16-18-20-22-23-24-25-27-29-31-33-35-37-39-41-48(51)57-46(45-56-58(52,53)55-43-42-49(3,4)5)44-54-47(50)40-38-36-34-32-30-28-26-21-19-17-15-13-11-9-7-2/h14,16,20,22,24-25,29,31,46H,6-13,15,17-19,21,23,26-28,30,32-45H2,1-5H3/p+1/b16-14-,22-20-,25-24-,31-29-/t46-/m1/s1. The highest BCUT2D eigenvalue weighted by Crippen LogP contribution is 2.43. The third-order valence-electron chi connectivity index (χ3n) is 9.86. The van der Waals surface area contributed by atoms with Gasteiger partial charge in [0.15, 0.2) is 6.10 Å². The van der Waals surface area contributed by atoms with Gasteiger partial charge in [-0.05, 0) is 57.8 Å². The maximum atomic E-state index is 12.7. The zero-order valence-corrected chi connectivity index (χ0v) is 38.9. The predicted molar refractivity (Wildman–Crippen MR) is 243 cm³/mol. The first-order valence-electron chi connectivity index (χ1n) is 23.4. The second-order valence-electron chi connectivity index (χ2n) is 16.8. The van der Waals surface area contributed by atoms with Gasteiger partial charge in [0.2, 0.25) is 0 Å². The molecule has 1 N–H and O–H groups in total. The molecule has 0 saturated carbocycles. The average molecular weight is 839 g/mol. The number of esters is 2. The molecular weight excluding hydrogens is 750 g/mol. The van der Waals surface area contributed by atoms with Crippen LogP contribution in [0.25, 0.3) is 0 Å². The van der Waals surface area contributed by atoms with E-state index in [9.17, 15) is 19.0 Å². The van der Waals surface area contributed by atoms with Crippen LogP contribution in [-0.4, -0.2) is 74.9 Å². The van der Waals surface area contributed by atoms with E-state index in [1.165, 1.54) is 103 Å². The number of phosphoric acid groups is 1. The zero-order chi connectivity index (χ0) is 42.8. The Balaban J connectivity index is 4.39. The zero-order valence-electron chi connectivity index (χ0n) is 38.0. The number of phosphoric ester groups is 1. The lowest BCUT2D eigenvalue weighted by atomic mass is 10.0. The molecular formula is C48H89NO8P+. The monoisotopic (exact) mass is 839 g/mol. The number of carbonyl (C=O) groups is 2. The van der Waals surface area contributed by atoms with E-state index in [-0.39, 0.29) is 32.0 Å². The summed E-state index contributed by atoms with van der Waals surface area (Å²) >= 11 is 0. The molecule has 0 aliphatic carbocycles. The van der Waals surface area contributed by atoms with Gasteiger partial charge in [0, 0.05) is 12.8 Å². The molecule has 338 valence electrons. The highest BCUT2D eigenvalue weighted by Gasteiger charge is 2.27. The first-order valence-corrected chi connectivity index (χ1v) is 24.9. The molecule has 0 fully saturated rings. The van der Waals surface area contributed by atoms with Gasteiger partial charge in [-0.3, -0.25) is 18.6 Å². The third-order valence-corrected chi connectivity index (χ3v) is 10.8. The average Bonchev–Trinajstić information content (AvgIpc) is 3.17. The van der Waals surface area contributed by atoms with Crippen LogP contribution >= 0.6 is 7.82 Å². The third kappa shape index (κ3) is 43.5. The molecule has 10 heteroatoms. The fourth-order valence-corrected chi connectivity index (χ4v) is 6.92. The lowest BCUT2D eigenvalue weighted by Crippen LogP contribution is -2.37. The molecule has 9 nitrogen and oxygen atoms in total. The molecule has 0 saturated heterocycles. The van der Waals surface area contributed by atoms with Gasteiger partial charge < -0.3 is 18.9 Å². The van der Waals surface area contributed by atoms with Gasteiger partial charge in [-0.25, -0.2) is 4.57 Å². The molecule has 0 bridgehead atoms. The molecule has 0 aliphatic heterocycles. The van der Waals surface area contributed by atoms with Crippen molar-refractivity contribution < 1.29 is 42.1 Å². The summed E-state index contributed by atoms with van der Waals surface area (Å²) in [6.07, 6.45) is 47.2. The van der Waals surface area contributed by atoms with Crippen LogP contribution in [0.2, 0.25) is 0 Å². The smallest absolute Gasteiger partial charge is 0.462 e. The van der Waals surface area contributed by atoms with Crippen molar-refractivity contribution in [1.29, 1.82) is 0 Å². The molecule has 0 spiro atoms. The molecule has 0 heterocycles. The summed E-state index contributed by atoms with van der Waals surface area (Å²) in [6.45, 7) is 4.37. The largest absolute Gasteiger partial charge is 0.472 e. The van der Waals surface area contributed by atoms with Crippen LogP contribution in [-0.2, 0) is 32.7 Å². The summed E-state index contributed by atoms with van der Waals surface area (Å²) in [6, 6.07) is 0. The van der Waals surface area contributed by atoms with Crippen molar-refractivity contribution in [3.63, 3.8) is 0 Å². The van der Waals surface area contributed by atoms with E-state index >= 15 is 0 Å². The van der Waals surface area contributed by atoms with E-state index in [2.05, 4.69) is 62.5 Å². The fourth-order valence-electron chi connectivity index (χ4n) is 6.17. The van der Waals surface area contributed by atoms with Crippen LogP contribution < -0.4 is 0 Å². The predicted octanol–water partition coefficient (Wildman–Crippen LogP) is 13.5. The minimum Gasteiger partial charge on any atom is -0.462 e. The van der Waals surface area contributed by atoms with Gasteiger partial charge in [-0.2, -0.15) is 0 Å². The van der Waals surface area contributed by atoms with Crippen LogP contribution in [0.3, 0.4) is 0 Å². The molecule has 0 aromatic carbocycles. The molecule has 0 aromatic heterocycles. The van der Waals surface area contributed by atoms with Crippen molar-refractivity contribution in [3.05, 3.63) is 48.6 Å². The number of ether oxygens (including phenoxy) is 2. The van der Waals surface area contributed by atoms with Gasteiger partial charge >= 0.3 is 19.8 Å². The molecule has 0 amide bonds. The molecule has 58 heavy (non-hydrogen) atoms. The fraction of sp³-hybridized carbons (Fsp3) is 0.792. The number of likely N-dealkylation sites (N-methyl/N-ethyl adjacent to an activating group) is 1. The van der Waals surface area contributed by atoms with Gasteiger partial charge in [0.25, 0.3) is 0 Å². The van der Waals surface area contributed by atoms with Crippen molar-refractivity contribution in [2.75, 3.05) is 47.5 Å². The summed E-state index contributed by atoms with van der Waals surface area (Å²) < 4.78 is 34.3. The Morgan fingerprint density at radius 1 is 0.534 bits per heavy atom. The van der Waals surface area contributed by atoms with E-state index in [1.807, 2.05) is 21.1 Å². The van der Waals surface area contributed by atoms with Gasteiger partial charge in [-0.15, -0.1) is 0 Å². The second-order valence-corrected chi connectivity index (χ2v) is 18.2. The van der Waals surface area contributed by atoms with Crippen LogP contribution in [0.5, 0.6) is 0 Å². The Morgan fingerprint density at radius 3 is 1.41 bits per heavy atom. The summed E-state index contributed by atoms with van der Waals surface area (Å²) in [5, 5.41) is 0. The van der Waals surface area contributed by atoms with Crippen LogP contribution in [0, 0.1) is 0 Å². The van der Waals surface area contributed by atoms with Crippen LogP contribution in [0.1, 0.15) is 194 Å². The summed E-state index contributed by atoms with van der Waals surface area (Å²) in [4.78, 5) is 35.4. The minimum atomic E-state index is -4.38. The molecule has 2 atom stereocenters. The Bertz CT molecular complexity index is 1130. The van der Waals surface area contributed by atoms with Gasteiger partial charge in [0.05, 0.1) is 27.7 Å². The van der Waals surface area contributed by atoms with Crippen molar-refractivity contribution >= 4 is 19.8 Å². The normalized spacial score (nSPS) is 14.0. The number of unbranched alkanes of at least 4 members (excludes halogenated alkanes) is 20. The number of quaternary nitrogens is 1. The summed E-state index contributed by atoms with van der Waals surface area (Å²) in [5.74, 6) is -0.831. The highest BCUT2D eigenvalue weighted by molar-refractivity contribution is 7.47. The molecule has 0 rings (SSSR count). The van der Waals surface area contributed by atoms with Crippen molar-refractivity contribution in [1.82, 2.24) is 0 Å². The Labute approximate surface area is 356 Å². The summed E-state index contributed by atoms with van der Waals surface area (Å²) in [5.41, 5.74) is 0. The summed E-state index contributed by atoms with van der Waals surface area (Å²) in [7, 11) is 1.45. The van der Waals surface area contributed by atoms with Crippen molar-refractivity contribution in [2.45, 2.75) is 200 Å². The Morgan fingerprint density at radius 2 is 0.931 bits per heavy atom. The number of rotatable bonds is 42. The van der Waals surface area contributed by atoms with Gasteiger partial charge in [-0.1, -0.05) is 172 Å². The maximum absolute atomic E-state index is 12.7. The molecule has 0 aromatic rings. The Hall–Kier alpha value is -2.03. The first-order chi connectivity index (χ1) is 28.0.